The molecule has 0 bridgehead atoms. The predicted molar refractivity (Wildman–Crippen MR) is 138 cm³/mol. The van der Waals surface area contributed by atoms with E-state index in [1.807, 2.05) is 12.1 Å². The fraction of sp³-hybridized carbons (Fsp3) is 0.240. The average molecular weight is 530 g/mol. The first kappa shape index (κ1) is 25.5. The van der Waals surface area contributed by atoms with Crippen LogP contribution in [-0.2, 0) is 20.0 Å². The van der Waals surface area contributed by atoms with Crippen LogP contribution >= 0.6 is 0 Å². The summed E-state index contributed by atoms with van der Waals surface area (Å²) in [6.07, 6.45) is 0.335. The first-order valence-electron chi connectivity index (χ1n) is 11.2. The smallest absolute Gasteiger partial charge is 0.279 e. The highest BCUT2D eigenvalue weighted by Crippen LogP contribution is 2.38. The Bertz CT molecular complexity index is 1450. The van der Waals surface area contributed by atoms with Crippen LogP contribution in [0.3, 0.4) is 0 Å². The Hall–Kier alpha value is -3.57. The number of methoxy groups -OCH3 is 2. The third-order valence-corrected chi connectivity index (χ3v) is 8.85. The van der Waals surface area contributed by atoms with Crippen LogP contribution in [-0.4, -0.2) is 46.9 Å². The minimum absolute atomic E-state index is 0.0385. The normalized spacial score (nSPS) is 15.9. The van der Waals surface area contributed by atoms with E-state index in [0.717, 1.165) is 9.98 Å². The summed E-state index contributed by atoms with van der Waals surface area (Å²) in [5.41, 5.74) is 2.45. The van der Waals surface area contributed by atoms with Crippen LogP contribution in [0.1, 0.15) is 30.5 Å². The molecule has 0 aromatic heterocycles. The van der Waals surface area contributed by atoms with Gasteiger partial charge < -0.3 is 9.47 Å². The van der Waals surface area contributed by atoms with Crippen molar-refractivity contribution in [3.63, 3.8) is 0 Å². The molecule has 0 saturated heterocycles. The van der Waals surface area contributed by atoms with Crippen molar-refractivity contribution >= 4 is 31.4 Å². The lowest BCUT2D eigenvalue weighted by Crippen LogP contribution is -2.27. The molecule has 11 heteroatoms. The molecule has 0 saturated carbocycles. The second-order valence-corrected chi connectivity index (χ2v) is 11.9. The molecular weight excluding hydrogens is 502 g/mol. The van der Waals surface area contributed by atoms with Crippen molar-refractivity contribution in [3.8, 4) is 11.5 Å². The molecule has 1 N–H and O–H groups in total. The fourth-order valence-electron chi connectivity index (χ4n) is 3.80. The zero-order chi connectivity index (χ0) is 25.9. The minimum Gasteiger partial charge on any atom is -0.497 e. The molecule has 1 aliphatic rings. The molecule has 0 amide bonds. The molecule has 0 spiro atoms. The monoisotopic (exact) mass is 529 g/mol. The van der Waals surface area contributed by atoms with E-state index in [1.165, 1.54) is 19.2 Å². The first-order valence-corrected chi connectivity index (χ1v) is 14.3. The molecule has 1 aliphatic heterocycles. The summed E-state index contributed by atoms with van der Waals surface area (Å²) in [6, 6.07) is 19.5. The molecule has 0 unspecified atom stereocenters. The third-order valence-electron chi connectivity index (χ3n) is 5.85. The predicted octanol–water partition coefficient (Wildman–Crippen LogP) is 4.01. The zero-order valence-corrected chi connectivity index (χ0v) is 21.7. The molecule has 190 valence electrons. The zero-order valence-electron chi connectivity index (χ0n) is 20.1. The van der Waals surface area contributed by atoms with Crippen molar-refractivity contribution in [2.24, 2.45) is 5.10 Å². The molecular formula is C25H27N3O6S2. The van der Waals surface area contributed by atoms with Crippen LogP contribution in [0.15, 0.2) is 82.8 Å². The van der Waals surface area contributed by atoms with Crippen molar-refractivity contribution in [2.45, 2.75) is 24.3 Å². The van der Waals surface area contributed by atoms with Crippen LogP contribution in [0.25, 0.3) is 0 Å². The summed E-state index contributed by atoms with van der Waals surface area (Å²) in [7, 11) is -4.31. The summed E-state index contributed by atoms with van der Waals surface area (Å²) in [5, 5.41) is 4.53. The standard InChI is InChI=1S/C25H27N3O6S2/c1-4-35(29,30)27-20-9-5-18(6-10-20)24-17-25(19-7-11-21(33-2)12-8-19)28(26-24)36(31,32)23-15-13-22(34-3)14-16-23/h5-16,25,27H,4,17H2,1-3H3/t25-/m0/s1. The topological polar surface area (TPSA) is 114 Å². The van der Waals surface area contributed by atoms with Gasteiger partial charge in [0.2, 0.25) is 10.0 Å². The van der Waals surface area contributed by atoms with E-state index >= 15 is 0 Å². The van der Waals surface area contributed by atoms with Gasteiger partial charge in [0.25, 0.3) is 10.0 Å². The van der Waals surface area contributed by atoms with E-state index < -0.39 is 26.1 Å². The number of sulfonamides is 2. The Morgan fingerprint density at radius 3 is 1.94 bits per heavy atom. The maximum atomic E-state index is 13.6. The number of rotatable bonds is 9. The van der Waals surface area contributed by atoms with Gasteiger partial charge in [0.1, 0.15) is 11.5 Å². The van der Waals surface area contributed by atoms with E-state index in [9.17, 15) is 16.8 Å². The number of nitrogens with one attached hydrogen (secondary N) is 1. The molecule has 0 radical (unpaired) electrons. The molecule has 1 atom stereocenters. The lowest BCUT2D eigenvalue weighted by atomic mass is 9.99. The third kappa shape index (κ3) is 5.31. The van der Waals surface area contributed by atoms with Crippen molar-refractivity contribution in [1.82, 2.24) is 4.41 Å². The summed E-state index contributed by atoms with van der Waals surface area (Å²) >= 11 is 0. The van der Waals surface area contributed by atoms with Crippen LogP contribution < -0.4 is 14.2 Å². The van der Waals surface area contributed by atoms with Gasteiger partial charge in [0.15, 0.2) is 0 Å². The molecule has 4 rings (SSSR count). The SMILES string of the molecule is CCS(=O)(=O)Nc1ccc(C2=NN(S(=O)(=O)c3ccc(OC)cc3)[C@H](c3ccc(OC)cc3)C2)cc1. The Labute approximate surface area is 211 Å². The fourth-order valence-corrected chi connectivity index (χ4v) is 5.87. The number of nitrogens with zero attached hydrogens (tertiary/aromatic N) is 2. The second kappa shape index (κ2) is 10.2. The van der Waals surface area contributed by atoms with Gasteiger partial charge in [0.05, 0.1) is 36.6 Å². The Morgan fingerprint density at radius 2 is 1.42 bits per heavy atom. The number of hydrogen-bond donors (Lipinski definition) is 1. The van der Waals surface area contributed by atoms with Crippen LogP contribution in [0, 0.1) is 0 Å². The highest BCUT2D eigenvalue weighted by Gasteiger charge is 2.37. The summed E-state index contributed by atoms with van der Waals surface area (Å²) in [6.45, 7) is 1.56. The van der Waals surface area contributed by atoms with Gasteiger partial charge in [-0.3, -0.25) is 4.72 Å². The molecule has 9 nitrogen and oxygen atoms in total. The van der Waals surface area contributed by atoms with E-state index in [1.54, 1.807) is 62.6 Å². The van der Waals surface area contributed by atoms with Gasteiger partial charge in [-0.25, -0.2) is 8.42 Å². The molecule has 1 heterocycles. The van der Waals surface area contributed by atoms with Gasteiger partial charge >= 0.3 is 0 Å². The number of benzene rings is 3. The summed E-state index contributed by atoms with van der Waals surface area (Å²) < 4.78 is 65.0. The van der Waals surface area contributed by atoms with Gasteiger partial charge in [-0.1, -0.05) is 24.3 Å². The van der Waals surface area contributed by atoms with Crippen LogP contribution in [0.2, 0.25) is 0 Å². The van der Waals surface area contributed by atoms with Crippen molar-refractivity contribution in [2.75, 3.05) is 24.7 Å². The van der Waals surface area contributed by atoms with E-state index in [0.29, 0.717) is 34.9 Å². The lowest BCUT2D eigenvalue weighted by Gasteiger charge is -2.23. The largest absolute Gasteiger partial charge is 0.497 e. The number of anilines is 1. The minimum atomic E-state index is -3.99. The summed E-state index contributed by atoms with van der Waals surface area (Å²) in [5.74, 6) is 1.17. The van der Waals surface area contributed by atoms with Crippen molar-refractivity contribution in [3.05, 3.63) is 83.9 Å². The van der Waals surface area contributed by atoms with Gasteiger partial charge in [-0.05, 0) is 66.6 Å². The van der Waals surface area contributed by atoms with Crippen molar-refractivity contribution in [1.29, 1.82) is 0 Å². The van der Waals surface area contributed by atoms with E-state index in [2.05, 4.69) is 9.82 Å². The van der Waals surface area contributed by atoms with Gasteiger partial charge in [0, 0.05) is 12.1 Å². The van der Waals surface area contributed by atoms with E-state index in [-0.39, 0.29) is 10.6 Å². The Kier molecular flexibility index (Phi) is 7.23. The number of hydrazone groups is 1. The van der Waals surface area contributed by atoms with E-state index in [4.69, 9.17) is 9.47 Å². The number of ether oxygens (including phenoxy) is 2. The molecule has 3 aromatic carbocycles. The maximum absolute atomic E-state index is 13.6. The molecule has 0 aliphatic carbocycles. The Morgan fingerprint density at radius 1 is 0.861 bits per heavy atom. The second-order valence-electron chi connectivity index (χ2n) is 8.08. The van der Waals surface area contributed by atoms with Crippen LogP contribution in [0.4, 0.5) is 5.69 Å². The first-order chi connectivity index (χ1) is 17.2. The van der Waals surface area contributed by atoms with Gasteiger partial charge in [-0.15, -0.1) is 0 Å². The summed E-state index contributed by atoms with van der Waals surface area (Å²) in [4.78, 5) is 0.0936. The molecule has 3 aromatic rings. The quantitative estimate of drug-likeness (QED) is 0.448. The average Bonchev–Trinajstić information content (AvgIpc) is 3.35. The Balaban J connectivity index is 1.71. The molecule has 36 heavy (non-hydrogen) atoms. The number of hydrogen-bond acceptors (Lipinski definition) is 7. The highest BCUT2D eigenvalue weighted by atomic mass is 32.2. The lowest BCUT2D eigenvalue weighted by molar-refractivity contribution is 0.370. The highest BCUT2D eigenvalue weighted by molar-refractivity contribution is 7.92. The molecule has 0 fully saturated rings. The van der Waals surface area contributed by atoms with Gasteiger partial charge in [-0.2, -0.15) is 17.9 Å². The van der Waals surface area contributed by atoms with Crippen molar-refractivity contribution < 1.29 is 26.3 Å². The van der Waals surface area contributed by atoms with Crippen LogP contribution in [0.5, 0.6) is 11.5 Å². The maximum Gasteiger partial charge on any atom is 0.279 e.